The summed E-state index contributed by atoms with van der Waals surface area (Å²) in [7, 11) is -3.73. The predicted molar refractivity (Wildman–Crippen MR) is 87.8 cm³/mol. The predicted octanol–water partition coefficient (Wildman–Crippen LogP) is -0.118. The van der Waals surface area contributed by atoms with Crippen molar-refractivity contribution in [1.29, 1.82) is 0 Å². The minimum atomic E-state index is -3.73. The van der Waals surface area contributed by atoms with Crippen molar-refractivity contribution in [3.63, 3.8) is 0 Å². The molecule has 23 heavy (non-hydrogen) atoms. The molecule has 7 nitrogen and oxygen atoms in total. The molecule has 1 heterocycles. The summed E-state index contributed by atoms with van der Waals surface area (Å²) in [5.41, 5.74) is 11.9. The number of nitrogens with two attached hydrogens (primary N) is 1. The fourth-order valence-electron chi connectivity index (χ4n) is 2.63. The Morgan fingerprint density at radius 3 is 2.39 bits per heavy atom. The van der Waals surface area contributed by atoms with E-state index in [0.29, 0.717) is 5.92 Å². The van der Waals surface area contributed by atoms with Crippen molar-refractivity contribution >= 4 is 15.9 Å². The Balaban J connectivity index is 2.16. The Morgan fingerprint density at radius 2 is 1.87 bits per heavy atom. The van der Waals surface area contributed by atoms with E-state index in [1.165, 1.54) is 0 Å². The maximum Gasteiger partial charge on any atom is 0.240 e. The Bertz CT molecular complexity index is 658. The van der Waals surface area contributed by atoms with Gasteiger partial charge < -0.3 is 5.73 Å². The number of rotatable bonds is 6. The summed E-state index contributed by atoms with van der Waals surface area (Å²) < 4.78 is 27.6. The van der Waals surface area contributed by atoms with Crippen LogP contribution in [0.15, 0.2) is 29.2 Å². The van der Waals surface area contributed by atoms with Gasteiger partial charge in [-0.3, -0.25) is 10.2 Å². The molecule has 0 aromatic heterocycles. The lowest BCUT2D eigenvalue weighted by atomic mass is 10.0. The van der Waals surface area contributed by atoms with E-state index < -0.39 is 28.0 Å². The third-order valence-corrected chi connectivity index (χ3v) is 5.31. The second-order valence-electron chi connectivity index (χ2n) is 6.35. The molecule has 128 valence electrons. The Hall–Kier alpha value is -1.48. The molecule has 3 unspecified atom stereocenters. The van der Waals surface area contributed by atoms with Gasteiger partial charge in [0.2, 0.25) is 15.9 Å². The fourth-order valence-corrected chi connectivity index (χ4v) is 3.96. The molecule has 1 saturated heterocycles. The highest BCUT2D eigenvalue weighted by Gasteiger charge is 2.39. The van der Waals surface area contributed by atoms with Crippen molar-refractivity contribution in [3.05, 3.63) is 29.8 Å². The van der Waals surface area contributed by atoms with Crippen LogP contribution in [0.4, 0.5) is 0 Å². The van der Waals surface area contributed by atoms with Crippen LogP contribution in [0.2, 0.25) is 0 Å². The molecular weight excluding hydrogens is 316 g/mol. The summed E-state index contributed by atoms with van der Waals surface area (Å²) in [6.45, 7) is 5.99. The van der Waals surface area contributed by atoms with Crippen LogP contribution >= 0.6 is 0 Å². The molecule has 5 N–H and O–H groups in total. The monoisotopic (exact) mass is 340 g/mol. The first-order valence-corrected chi connectivity index (χ1v) is 9.10. The molecule has 0 saturated carbocycles. The van der Waals surface area contributed by atoms with E-state index in [9.17, 15) is 13.2 Å². The first kappa shape index (κ1) is 17.9. The maximum atomic E-state index is 12.5. The average molecular weight is 340 g/mol. The normalized spacial score (nSPS) is 25.0. The molecule has 0 aliphatic carbocycles. The second kappa shape index (κ2) is 6.96. The lowest BCUT2D eigenvalue weighted by Crippen LogP contribution is -2.52. The quantitative estimate of drug-likeness (QED) is 0.577. The average Bonchev–Trinajstić information content (AvgIpc) is 2.80. The third kappa shape index (κ3) is 4.29. The summed E-state index contributed by atoms with van der Waals surface area (Å²) in [5.74, 6) is -0.106. The molecule has 1 aromatic rings. The fraction of sp³-hybridized carbons (Fsp3) is 0.533. The smallest absolute Gasteiger partial charge is 0.240 e. The van der Waals surface area contributed by atoms with Crippen LogP contribution in [0.1, 0.15) is 26.3 Å². The summed E-state index contributed by atoms with van der Waals surface area (Å²) in [5, 5.41) is 0. The van der Waals surface area contributed by atoms with Crippen molar-refractivity contribution in [2.24, 2.45) is 11.7 Å². The molecule has 2 rings (SSSR count). The Morgan fingerprint density at radius 1 is 1.26 bits per heavy atom. The first-order chi connectivity index (χ1) is 10.7. The standard InChI is InChI=1S/C15H24N4O3S/c1-9(2)8-11-4-6-12(7-5-11)23(21,22)19-13-10(3)17-18-14(13)15(16)20/h4-7,9-10,13-14,17-19H,8H2,1-3H3,(H2,16,20). The molecule has 1 amide bonds. The second-order valence-corrected chi connectivity index (χ2v) is 8.06. The van der Waals surface area contributed by atoms with Crippen LogP contribution in [0, 0.1) is 5.92 Å². The van der Waals surface area contributed by atoms with Crippen molar-refractivity contribution in [2.75, 3.05) is 0 Å². The highest BCUT2D eigenvalue weighted by Crippen LogP contribution is 2.16. The van der Waals surface area contributed by atoms with Crippen molar-refractivity contribution < 1.29 is 13.2 Å². The zero-order valence-corrected chi connectivity index (χ0v) is 14.4. The Labute approximate surface area is 137 Å². The number of sulfonamides is 1. The molecule has 1 aliphatic rings. The minimum absolute atomic E-state index is 0.173. The number of benzene rings is 1. The lowest BCUT2D eigenvalue weighted by molar-refractivity contribution is -0.120. The number of hydrogen-bond donors (Lipinski definition) is 4. The van der Waals surface area contributed by atoms with Gasteiger partial charge in [0.1, 0.15) is 6.04 Å². The van der Waals surface area contributed by atoms with Crippen LogP contribution in [0.5, 0.6) is 0 Å². The van der Waals surface area contributed by atoms with Gasteiger partial charge in [-0.2, -0.15) is 0 Å². The molecule has 1 fully saturated rings. The molecular formula is C15H24N4O3S. The summed E-state index contributed by atoms with van der Waals surface area (Å²) in [4.78, 5) is 11.6. The topological polar surface area (TPSA) is 113 Å². The molecule has 0 bridgehead atoms. The molecule has 1 aliphatic heterocycles. The zero-order valence-electron chi connectivity index (χ0n) is 13.5. The number of amides is 1. The van der Waals surface area contributed by atoms with Gasteiger partial charge in [0.05, 0.1) is 10.9 Å². The first-order valence-electron chi connectivity index (χ1n) is 7.62. The van der Waals surface area contributed by atoms with Crippen molar-refractivity contribution in [2.45, 2.75) is 50.2 Å². The molecule has 8 heteroatoms. The highest BCUT2D eigenvalue weighted by atomic mass is 32.2. The number of carbonyl (C=O) groups is 1. The van der Waals surface area contributed by atoms with Gasteiger partial charge in [0.15, 0.2) is 0 Å². The van der Waals surface area contributed by atoms with Gasteiger partial charge in [0.25, 0.3) is 0 Å². The molecule has 0 spiro atoms. The number of primary amides is 1. The van der Waals surface area contributed by atoms with E-state index in [-0.39, 0.29) is 10.9 Å². The van der Waals surface area contributed by atoms with Gasteiger partial charge >= 0.3 is 0 Å². The van der Waals surface area contributed by atoms with Gasteiger partial charge in [-0.05, 0) is 37.0 Å². The molecule has 3 atom stereocenters. The van der Waals surface area contributed by atoms with E-state index in [2.05, 4.69) is 29.4 Å². The molecule has 1 aromatic carbocycles. The number of hydrazine groups is 1. The minimum Gasteiger partial charge on any atom is -0.368 e. The lowest BCUT2D eigenvalue weighted by Gasteiger charge is -2.20. The maximum absolute atomic E-state index is 12.5. The van der Waals surface area contributed by atoms with Crippen LogP contribution in [0.3, 0.4) is 0 Å². The van der Waals surface area contributed by atoms with Crippen LogP contribution in [-0.4, -0.2) is 32.5 Å². The van der Waals surface area contributed by atoms with Gasteiger partial charge in [-0.1, -0.05) is 26.0 Å². The van der Waals surface area contributed by atoms with Gasteiger partial charge in [-0.25, -0.2) is 18.6 Å². The third-order valence-electron chi connectivity index (χ3n) is 3.84. The van der Waals surface area contributed by atoms with Crippen LogP contribution in [0.25, 0.3) is 0 Å². The summed E-state index contributed by atoms with van der Waals surface area (Å²) in [6.07, 6.45) is 0.894. The van der Waals surface area contributed by atoms with E-state index in [1.807, 2.05) is 12.1 Å². The summed E-state index contributed by atoms with van der Waals surface area (Å²) >= 11 is 0. The highest BCUT2D eigenvalue weighted by molar-refractivity contribution is 7.89. The molecule has 0 radical (unpaired) electrons. The zero-order chi connectivity index (χ0) is 17.2. The van der Waals surface area contributed by atoms with Gasteiger partial charge in [-0.15, -0.1) is 0 Å². The van der Waals surface area contributed by atoms with E-state index in [1.54, 1.807) is 19.1 Å². The van der Waals surface area contributed by atoms with Crippen molar-refractivity contribution in [1.82, 2.24) is 15.6 Å². The summed E-state index contributed by atoms with van der Waals surface area (Å²) in [6, 6.07) is 5.10. The SMILES string of the molecule is CC(C)Cc1ccc(S(=O)(=O)NC2C(C)NNC2C(N)=O)cc1. The Kier molecular flexibility index (Phi) is 5.41. The van der Waals surface area contributed by atoms with Gasteiger partial charge in [0, 0.05) is 6.04 Å². The van der Waals surface area contributed by atoms with E-state index >= 15 is 0 Å². The van der Waals surface area contributed by atoms with Crippen LogP contribution < -0.4 is 21.3 Å². The van der Waals surface area contributed by atoms with Crippen molar-refractivity contribution in [3.8, 4) is 0 Å². The largest absolute Gasteiger partial charge is 0.368 e. The number of hydrogen-bond acceptors (Lipinski definition) is 5. The van der Waals surface area contributed by atoms with E-state index in [0.717, 1.165) is 12.0 Å². The number of nitrogens with one attached hydrogen (secondary N) is 3. The van der Waals surface area contributed by atoms with Crippen LogP contribution in [-0.2, 0) is 21.2 Å². The van der Waals surface area contributed by atoms with E-state index in [4.69, 9.17) is 5.73 Å². The number of carbonyl (C=O) groups excluding carboxylic acids is 1.